The van der Waals surface area contributed by atoms with Gasteiger partial charge < -0.3 is 11.1 Å². The number of nitrogens with one attached hydrogen (secondary N) is 1. The lowest BCUT2D eigenvalue weighted by Gasteiger charge is -2.43. The SMILES string of the molecule is CC1(C)CCCCC1NC(=O)C(C)(C)C(C)(C)N. The van der Waals surface area contributed by atoms with E-state index < -0.39 is 11.0 Å². The molecule has 106 valence electrons. The van der Waals surface area contributed by atoms with E-state index in [9.17, 15) is 4.79 Å². The monoisotopic (exact) mass is 254 g/mol. The van der Waals surface area contributed by atoms with E-state index in [0.717, 1.165) is 6.42 Å². The summed E-state index contributed by atoms with van der Waals surface area (Å²) in [7, 11) is 0. The topological polar surface area (TPSA) is 55.1 Å². The first-order chi connectivity index (χ1) is 7.98. The standard InChI is InChI=1S/C15H30N2O/c1-13(2)10-8-7-9-11(13)17-12(18)14(3,4)15(5,6)16/h11H,7-10,16H2,1-6H3,(H,17,18). The van der Waals surface area contributed by atoms with Gasteiger partial charge in [-0.2, -0.15) is 0 Å². The molecular weight excluding hydrogens is 224 g/mol. The molecule has 0 aliphatic heterocycles. The maximum Gasteiger partial charge on any atom is 0.227 e. The van der Waals surface area contributed by atoms with Crippen molar-refractivity contribution in [1.82, 2.24) is 5.32 Å². The zero-order valence-electron chi connectivity index (χ0n) is 12.9. The van der Waals surface area contributed by atoms with Gasteiger partial charge in [-0.05, 0) is 46.0 Å². The molecule has 3 heteroatoms. The molecule has 1 amide bonds. The summed E-state index contributed by atoms with van der Waals surface area (Å²) in [4.78, 5) is 12.5. The second kappa shape index (κ2) is 4.84. The Hall–Kier alpha value is -0.570. The quantitative estimate of drug-likeness (QED) is 0.813. The molecule has 3 nitrogen and oxygen atoms in total. The molecule has 1 rings (SSSR count). The van der Waals surface area contributed by atoms with Gasteiger partial charge >= 0.3 is 0 Å². The van der Waals surface area contributed by atoms with E-state index in [1.807, 2.05) is 27.7 Å². The Kier molecular flexibility index (Phi) is 4.16. The first kappa shape index (κ1) is 15.5. The van der Waals surface area contributed by atoms with Crippen molar-refractivity contribution >= 4 is 5.91 Å². The summed E-state index contributed by atoms with van der Waals surface area (Å²) in [5.41, 5.74) is 5.25. The zero-order chi connectivity index (χ0) is 14.2. The second-order valence-corrected chi connectivity index (χ2v) is 7.61. The van der Waals surface area contributed by atoms with Gasteiger partial charge in [-0.15, -0.1) is 0 Å². The van der Waals surface area contributed by atoms with Crippen molar-refractivity contribution in [2.75, 3.05) is 0 Å². The van der Waals surface area contributed by atoms with Gasteiger partial charge in [-0.3, -0.25) is 4.79 Å². The van der Waals surface area contributed by atoms with Crippen molar-refractivity contribution in [3.8, 4) is 0 Å². The van der Waals surface area contributed by atoms with E-state index in [1.54, 1.807) is 0 Å². The molecule has 18 heavy (non-hydrogen) atoms. The molecule has 1 fully saturated rings. The first-order valence-corrected chi connectivity index (χ1v) is 7.08. The third-order valence-electron chi connectivity index (χ3n) is 4.99. The minimum Gasteiger partial charge on any atom is -0.352 e. The third-order valence-corrected chi connectivity index (χ3v) is 4.99. The highest BCUT2D eigenvalue weighted by molar-refractivity contribution is 5.83. The van der Waals surface area contributed by atoms with Gasteiger partial charge in [-0.25, -0.2) is 0 Å². The average Bonchev–Trinajstić information content (AvgIpc) is 2.19. The predicted molar refractivity (Wildman–Crippen MR) is 76.2 cm³/mol. The molecule has 0 spiro atoms. The van der Waals surface area contributed by atoms with E-state index >= 15 is 0 Å². The highest BCUT2D eigenvalue weighted by atomic mass is 16.2. The molecular formula is C15H30N2O. The summed E-state index contributed by atoms with van der Waals surface area (Å²) in [6, 6.07) is 0.278. The minimum absolute atomic E-state index is 0.0787. The molecule has 1 aliphatic rings. The summed E-state index contributed by atoms with van der Waals surface area (Å²) < 4.78 is 0. The lowest BCUT2D eigenvalue weighted by atomic mass is 9.71. The number of amides is 1. The number of rotatable bonds is 3. The molecule has 1 unspecified atom stereocenters. The maximum absolute atomic E-state index is 12.5. The smallest absolute Gasteiger partial charge is 0.227 e. The lowest BCUT2D eigenvalue weighted by Crippen LogP contribution is -2.59. The second-order valence-electron chi connectivity index (χ2n) is 7.61. The van der Waals surface area contributed by atoms with Gasteiger partial charge in [0.15, 0.2) is 0 Å². The van der Waals surface area contributed by atoms with E-state index in [0.29, 0.717) is 0 Å². The van der Waals surface area contributed by atoms with Gasteiger partial charge in [0, 0.05) is 11.6 Å². The van der Waals surface area contributed by atoms with Crippen LogP contribution in [0.3, 0.4) is 0 Å². The maximum atomic E-state index is 12.5. The molecule has 0 aromatic rings. The summed E-state index contributed by atoms with van der Waals surface area (Å²) in [5, 5.41) is 3.24. The average molecular weight is 254 g/mol. The Bertz CT molecular complexity index is 313. The minimum atomic E-state index is -0.555. The normalized spacial score (nSPS) is 24.7. The predicted octanol–water partition coefficient (Wildman–Crippen LogP) is 2.83. The van der Waals surface area contributed by atoms with Crippen LogP contribution in [0, 0.1) is 10.8 Å². The molecule has 0 radical (unpaired) electrons. The molecule has 3 N–H and O–H groups in total. The Morgan fingerprint density at radius 1 is 1.22 bits per heavy atom. The van der Waals surface area contributed by atoms with Crippen molar-refractivity contribution < 1.29 is 4.79 Å². The number of nitrogens with two attached hydrogens (primary N) is 1. The van der Waals surface area contributed by atoms with Crippen LogP contribution in [0.4, 0.5) is 0 Å². The highest BCUT2D eigenvalue weighted by Crippen LogP contribution is 2.37. The Balaban J connectivity index is 2.76. The molecule has 0 heterocycles. The van der Waals surface area contributed by atoms with Crippen LogP contribution < -0.4 is 11.1 Å². The van der Waals surface area contributed by atoms with Gasteiger partial charge in [0.2, 0.25) is 5.91 Å². The summed E-state index contributed by atoms with van der Waals surface area (Å²) in [5.74, 6) is 0.0787. The number of carbonyl (C=O) groups excluding carboxylic acids is 1. The van der Waals surface area contributed by atoms with Crippen molar-refractivity contribution in [3.63, 3.8) is 0 Å². The molecule has 0 aromatic carbocycles. The van der Waals surface area contributed by atoms with Crippen molar-refractivity contribution in [2.45, 2.75) is 78.8 Å². The number of hydrogen-bond acceptors (Lipinski definition) is 2. The van der Waals surface area contributed by atoms with Crippen LogP contribution in [-0.4, -0.2) is 17.5 Å². The molecule has 0 aromatic heterocycles. The molecule has 1 aliphatic carbocycles. The lowest BCUT2D eigenvalue weighted by molar-refractivity contribution is -0.134. The Morgan fingerprint density at radius 2 is 1.78 bits per heavy atom. The van der Waals surface area contributed by atoms with Crippen LogP contribution in [0.1, 0.15) is 67.2 Å². The van der Waals surface area contributed by atoms with E-state index in [2.05, 4.69) is 19.2 Å². The summed E-state index contributed by atoms with van der Waals surface area (Å²) >= 11 is 0. The number of carbonyl (C=O) groups is 1. The van der Waals surface area contributed by atoms with Crippen LogP contribution in [0.5, 0.6) is 0 Å². The zero-order valence-corrected chi connectivity index (χ0v) is 12.9. The molecule has 1 atom stereocenters. The van der Waals surface area contributed by atoms with Crippen LogP contribution in [0.25, 0.3) is 0 Å². The van der Waals surface area contributed by atoms with E-state index in [-0.39, 0.29) is 17.4 Å². The fourth-order valence-electron chi connectivity index (χ4n) is 2.39. The number of hydrogen-bond donors (Lipinski definition) is 2. The van der Waals surface area contributed by atoms with E-state index in [4.69, 9.17) is 5.73 Å². The van der Waals surface area contributed by atoms with Gasteiger partial charge in [0.1, 0.15) is 0 Å². The molecule has 0 bridgehead atoms. The third kappa shape index (κ3) is 3.05. The van der Waals surface area contributed by atoms with Crippen molar-refractivity contribution in [1.29, 1.82) is 0 Å². The fraction of sp³-hybridized carbons (Fsp3) is 0.933. The van der Waals surface area contributed by atoms with Gasteiger partial charge in [0.05, 0.1) is 5.41 Å². The Morgan fingerprint density at radius 3 is 2.22 bits per heavy atom. The van der Waals surface area contributed by atoms with E-state index in [1.165, 1.54) is 19.3 Å². The Labute approximate surface area is 112 Å². The van der Waals surface area contributed by atoms with Gasteiger partial charge in [0.25, 0.3) is 0 Å². The largest absolute Gasteiger partial charge is 0.352 e. The summed E-state index contributed by atoms with van der Waals surface area (Å²) in [6.45, 7) is 12.2. The summed E-state index contributed by atoms with van der Waals surface area (Å²) in [6.07, 6.45) is 4.75. The van der Waals surface area contributed by atoms with Gasteiger partial charge in [-0.1, -0.05) is 26.7 Å². The fourth-order valence-corrected chi connectivity index (χ4v) is 2.39. The van der Waals surface area contributed by atoms with Crippen molar-refractivity contribution in [2.24, 2.45) is 16.6 Å². The molecule has 1 saturated carbocycles. The molecule has 0 saturated heterocycles. The highest BCUT2D eigenvalue weighted by Gasteiger charge is 2.43. The van der Waals surface area contributed by atoms with Crippen LogP contribution in [0.15, 0.2) is 0 Å². The van der Waals surface area contributed by atoms with Crippen LogP contribution >= 0.6 is 0 Å². The van der Waals surface area contributed by atoms with Crippen LogP contribution in [-0.2, 0) is 4.79 Å². The first-order valence-electron chi connectivity index (χ1n) is 7.08. The van der Waals surface area contributed by atoms with Crippen molar-refractivity contribution in [3.05, 3.63) is 0 Å². The van der Waals surface area contributed by atoms with Crippen LogP contribution in [0.2, 0.25) is 0 Å².